The average molecular weight is 394 g/mol. The molecule has 2 saturated heterocycles. The number of aryl methyl sites for hydroxylation is 1. The number of anilines is 1. The Hall–Kier alpha value is -2.36. The van der Waals surface area contributed by atoms with E-state index in [1.165, 1.54) is 10.9 Å². The molecule has 2 atom stereocenters. The number of likely N-dealkylation sites (N-methyl/N-ethyl adjacent to an activating group) is 1. The largest absolute Gasteiger partial charge is 0.364 e. The first-order chi connectivity index (χ1) is 14.0. The summed E-state index contributed by atoms with van der Waals surface area (Å²) >= 11 is 0. The molecule has 152 valence electrons. The van der Waals surface area contributed by atoms with Crippen molar-refractivity contribution in [1.29, 1.82) is 0 Å². The van der Waals surface area contributed by atoms with E-state index < -0.39 is 6.43 Å². The van der Waals surface area contributed by atoms with Gasteiger partial charge in [0.2, 0.25) is 5.91 Å². The van der Waals surface area contributed by atoms with Crippen LogP contribution in [0.3, 0.4) is 0 Å². The molecule has 8 nitrogen and oxygen atoms in total. The normalized spacial score (nSPS) is 23.7. The van der Waals surface area contributed by atoms with E-state index in [1.54, 1.807) is 6.92 Å². The van der Waals surface area contributed by atoms with Crippen LogP contribution in [0.1, 0.15) is 39.8 Å². The van der Waals surface area contributed by atoms with E-state index in [0.29, 0.717) is 36.6 Å². The molecule has 1 amide bonds. The van der Waals surface area contributed by atoms with Gasteiger partial charge in [-0.25, -0.2) is 23.7 Å². The summed E-state index contributed by atoms with van der Waals surface area (Å²) in [7, 11) is 0.136. The third-order valence-electron chi connectivity index (χ3n) is 5.56. The van der Waals surface area contributed by atoms with E-state index in [-0.39, 0.29) is 30.8 Å². The lowest BCUT2D eigenvalue weighted by molar-refractivity contribution is -0.134. The van der Waals surface area contributed by atoms with E-state index in [1.807, 2.05) is 9.80 Å². The number of imidazole rings is 1. The van der Waals surface area contributed by atoms with E-state index in [9.17, 15) is 13.6 Å². The third kappa shape index (κ3) is 3.30. The zero-order valence-electron chi connectivity index (χ0n) is 16.8. The number of fused-ring (bicyclic) bond motifs is 1. The number of alkyl halides is 2. The molecule has 0 aliphatic carbocycles. The summed E-state index contributed by atoms with van der Waals surface area (Å²) in [6.07, 6.45) is 1.13. The number of aromatic nitrogens is 4. The van der Waals surface area contributed by atoms with Gasteiger partial charge in [0, 0.05) is 27.0 Å². The summed E-state index contributed by atoms with van der Waals surface area (Å²) in [6, 6.07) is -0.240. The molecule has 0 saturated carbocycles. The molecule has 10 heteroatoms. The molecule has 28 heavy (non-hydrogen) atoms. The van der Waals surface area contributed by atoms with Crippen molar-refractivity contribution in [3.8, 4) is 0 Å². The second kappa shape index (κ2) is 7.57. The van der Waals surface area contributed by atoms with Crippen LogP contribution in [0.4, 0.5) is 14.6 Å². The quantitative estimate of drug-likeness (QED) is 0.834. The van der Waals surface area contributed by atoms with Gasteiger partial charge in [-0.15, -0.1) is 0 Å². The number of likely N-dealkylation sites (tertiary alicyclic amines) is 2. The van der Waals surface area contributed by atoms with Crippen molar-refractivity contribution in [2.24, 2.45) is 0 Å². The molecule has 2 fully saturated rings. The molecule has 2 aliphatic rings. The van der Waals surface area contributed by atoms with Crippen LogP contribution in [-0.2, 0) is 11.3 Å². The van der Waals surface area contributed by atoms with Crippen LogP contribution in [0.25, 0.3) is 11.2 Å². The maximum absolute atomic E-state index is 13.3. The molecule has 4 rings (SSSR count). The highest BCUT2D eigenvalue weighted by molar-refractivity contribution is 5.84. The third-order valence-corrected chi connectivity index (χ3v) is 5.56. The SMILES string of the molecule is [2H]CN1CCC[C@H]1C(=O)N1CCC(Nc2ncnc3c2nc(C(F)F)n3CC)C1. The minimum atomic E-state index is -2.69. The average Bonchev–Trinajstić information content (AvgIpc) is 3.45. The highest BCUT2D eigenvalue weighted by Crippen LogP contribution is 2.27. The number of carbonyl (C=O) groups is 1. The first kappa shape index (κ1) is 17.7. The molecule has 0 spiro atoms. The Morgan fingerprint density at radius 2 is 2.25 bits per heavy atom. The predicted octanol–water partition coefficient (Wildman–Crippen LogP) is 1.89. The molecule has 0 bridgehead atoms. The van der Waals surface area contributed by atoms with Gasteiger partial charge in [0.1, 0.15) is 6.33 Å². The molecule has 2 aliphatic heterocycles. The van der Waals surface area contributed by atoms with Gasteiger partial charge in [0.05, 0.1) is 6.04 Å². The van der Waals surface area contributed by atoms with Crippen molar-refractivity contribution in [3.63, 3.8) is 0 Å². The first-order valence-electron chi connectivity index (χ1n) is 10.3. The highest BCUT2D eigenvalue weighted by atomic mass is 19.3. The smallest absolute Gasteiger partial charge is 0.295 e. The van der Waals surface area contributed by atoms with Gasteiger partial charge in [0.25, 0.3) is 6.43 Å². The van der Waals surface area contributed by atoms with Crippen molar-refractivity contribution < 1.29 is 14.9 Å². The first-order valence-corrected chi connectivity index (χ1v) is 9.61. The number of rotatable bonds is 5. The minimum Gasteiger partial charge on any atom is -0.364 e. The topological polar surface area (TPSA) is 79.2 Å². The van der Waals surface area contributed by atoms with E-state index in [4.69, 9.17) is 1.37 Å². The Labute approximate surface area is 163 Å². The fraction of sp³-hybridized carbons (Fsp3) is 0.667. The van der Waals surface area contributed by atoms with Gasteiger partial charge in [-0.05, 0) is 39.8 Å². The van der Waals surface area contributed by atoms with Crippen LogP contribution in [0.2, 0.25) is 0 Å². The van der Waals surface area contributed by atoms with Crippen LogP contribution in [-0.4, -0.2) is 74.0 Å². The Morgan fingerprint density at radius 3 is 3.00 bits per heavy atom. The summed E-state index contributed by atoms with van der Waals surface area (Å²) in [5.74, 6) is 0.171. The molecule has 4 heterocycles. The monoisotopic (exact) mass is 394 g/mol. The van der Waals surface area contributed by atoms with Gasteiger partial charge in [-0.3, -0.25) is 9.69 Å². The molecule has 1 unspecified atom stereocenters. The number of nitrogens with zero attached hydrogens (tertiary/aromatic N) is 6. The molecular weight excluding hydrogens is 368 g/mol. The number of hydrogen-bond donors (Lipinski definition) is 1. The maximum atomic E-state index is 13.3. The van der Waals surface area contributed by atoms with Gasteiger partial charge in [-0.1, -0.05) is 0 Å². The summed E-state index contributed by atoms with van der Waals surface area (Å²) < 4.78 is 35.6. The van der Waals surface area contributed by atoms with Crippen molar-refractivity contribution in [2.75, 3.05) is 32.0 Å². The van der Waals surface area contributed by atoms with Crippen LogP contribution >= 0.6 is 0 Å². The van der Waals surface area contributed by atoms with Gasteiger partial charge in [0.15, 0.2) is 22.8 Å². The van der Waals surface area contributed by atoms with E-state index in [0.717, 1.165) is 25.8 Å². The second-order valence-corrected chi connectivity index (χ2v) is 7.29. The zero-order valence-corrected chi connectivity index (χ0v) is 15.8. The van der Waals surface area contributed by atoms with Crippen molar-refractivity contribution >= 4 is 22.9 Å². The Kier molecular flexibility index (Phi) is 4.79. The molecule has 0 aromatic carbocycles. The van der Waals surface area contributed by atoms with Crippen LogP contribution in [0, 0.1) is 0 Å². The minimum absolute atomic E-state index is 0.0373. The predicted molar refractivity (Wildman–Crippen MR) is 100 cm³/mol. The summed E-state index contributed by atoms with van der Waals surface area (Å²) in [6.45, 7) is 4.04. The fourth-order valence-corrected chi connectivity index (χ4v) is 4.13. The van der Waals surface area contributed by atoms with E-state index in [2.05, 4.69) is 20.3 Å². The van der Waals surface area contributed by atoms with Gasteiger partial charge in [-0.2, -0.15) is 0 Å². The van der Waals surface area contributed by atoms with Crippen molar-refractivity contribution in [1.82, 2.24) is 29.3 Å². The lowest BCUT2D eigenvalue weighted by Crippen LogP contribution is -2.44. The lowest BCUT2D eigenvalue weighted by atomic mass is 10.2. The molecule has 0 radical (unpaired) electrons. The zero-order chi connectivity index (χ0) is 20.5. The number of nitrogens with one attached hydrogen (secondary N) is 1. The molecule has 2 aromatic heterocycles. The maximum Gasteiger partial charge on any atom is 0.295 e. The number of amides is 1. The Bertz CT molecular complexity index is 892. The summed E-state index contributed by atoms with van der Waals surface area (Å²) in [5.41, 5.74) is 0.703. The van der Waals surface area contributed by atoms with Crippen molar-refractivity contribution in [2.45, 2.75) is 51.2 Å². The highest BCUT2D eigenvalue weighted by Gasteiger charge is 2.35. The number of hydrogen-bond acceptors (Lipinski definition) is 6. The summed E-state index contributed by atoms with van der Waals surface area (Å²) in [4.78, 5) is 29.0. The molecule has 1 N–H and O–H groups in total. The fourth-order valence-electron chi connectivity index (χ4n) is 4.13. The Morgan fingerprint density at radius 1 is 1.39 bits per heavy atom. The number of carbonyl (C=O) groups excluding carboxylic acids is 1. The van der Waals surface area contributed by atoms with E-state index >= 15 is 0 Å². The second-order valence-electron chi connectivity index (χ2n) is 7.29. The summed E-state index contributed by atoms with van der Waals surface area (Å²) in [5, 5.41) is 3.27. The van der Waals surface area contributed by atoms with Crippen LogP contribution in [0.5, 0.6) is 0 Å². The standard InChI is InChI=1S/C18H25F2N7O/c1-3-27-16-13(24-17(27)14(19)20)15(21-10-22-16)23-11-6-8-26(9-11)18(28)12-5-4-7-25(12)2/h10-12,14H,3-9H2,1-2H3,(H,21,22,23)/t11?,12-/m0/s1/i2D. The Balaban J connectivity index is 1.49. The van der Waals surface area contributed by atoms with Gasteiger partial charge < -0.3 is 14.8 Å². The van der Waals surface area contributed by atoms with Crippen LogP contribution < -0.4 is 5.32 Å². The van der Waals surface area contributed by atoms with Crippen molar-refractivity contribution in [3.05, 3.63) is 12.2 Å². The van der Waals surface area contributed by atoms with Crippen LogP contribution in [0.15, 0.2) is 6.33 Å². The molecule has 2 aromatic rings. The van der Waals surface area contributed by atoms with Gasteiger partial charge >= 0.3 is 0 Å². The lowest BCUT2D eigenvalue weighted by Gasteiger charge is -2.25. The number of halogens is 2. The molecular formula is C18H25F2N7O.